The minimum Gasteiger partial charge on any atom is -0.376 e. The lowest BCUT2D eigenvalue weighted by Gasteiger charge is -2.35. The van der Waals surface area contributed by atoms with Gasteiger partial charge in [-0.05, 0) is 12.1 Å². The largest absolute Gasteiger partial charge is 0.376 e. The molecule has 0 N–H and O–H groups in total. The lowest BCUT2D eigenvalue weighted by molar-refractivity contribution is 0.0743. The van der Waals surface area contributed by atoms with Crippen molar-refractivity contribution in [2.75, 3.05) is 50.1 Å². The normalized spacial score (nSPS) is 14.6. The summed E-state index contributed by atoms with van der Waals surface area (Å²) in [6, 6.07) is 8.48. The number of carbonyl (C=O) groups excluding carboxylic acids is 1. The van der Waals surface area contributed by atoms with Crippen molar-refractivity contribution < 1.29 is 13.6 Å². The first-order chi connectivity index (χ1) is 13.0. The van der Waals surface area contributed by atoms with Gasteiger partial charge in [0.15, 0.2) is 5.82 Å². The minimum absolute atomic E-state index is 0.216. The molecule has 0 spiro atoms. The quantitative estimate of drug-likeness (QED) is 0.728. The van der Waals surface area contributed by atoms with Crippen LogP contribution in [0.15, 0.2) is 41.4 Å². The molecule has 1 aromatic heterocycles. The maximum atomic E-state index is 12.8. The number of hydrogen-bond donors (Lipinski definition) is 0. The fourth-order valence-electron chi connectivity index (χ4n) is 2.90. The van der Waals surface area contributed by atoms with Crippen LogP contribution >= 0.6 is 11.8 Å². The highest BCUT2D eigenvalue weighted by Gasteiger charge is 2.25. The van der Waals surface area contributed by atoms with Gasteiger partial charge in [0, 0.05) is 51.2 Å². The van der Waals surface area contributed by atoms with Crippen molar-refractivity contribution in [2.24, 2.45) is 0 Å². The second-order valence-corrected chi connectivity index (χ2v) is 7.35. The number of thioether (sulfide) groups is 1. The van der Waals surface area contributed by atoms with Gasteiger partial charge in [0.05, 0.1) is 17.4 Å². The van der Waals surface area contributed by atoms with Gasteiger partial charge in [-0.15, -0.1) is 5.10 Å². The summed E-state index contributed by atoms with van der Waals surface area (Å²) in [7, 11) is 3.87. The number of hydrogen-bond acceptors (Lipinski definition) is 6. The van der Waals surface area contributed by atoms with Gasteiger partial charge in [0.25, 0.3) is 11.7 Å². The summed E-state index contributed by atoms with van der Waals surface area (Å²) < 4.78 is 25.5. The predicted molar refractivity (Wildman–Crippen MR) is 103 cm³/mol. The van der Waals surface area contributed by atoms with Gasteiger partial charge in [-0.1, -0.05) is 23.9 Å². The molecule has 27 heavy (non-hydrogen) atoms. The van der Waals surface area contributed by atoms with Gasteiger partial charge in [0.2, 0.25) is 0 Å². The van der Waals surface area contributed by atoms with Gasteiger partial charge >= 0.3 is 0 Å². The molecule has 144 valence electrons. The Morgan fingerprint density at radius 2 is 1.89 bits per heavy atom. The van der Waals surface area contributed by atoms with E-state index in [0.717, 1.165) is 11.5 Å². The Balaban J connectivity index is 1.67. The molecule has 9 heteroatoms. The van der Waals surface area contributed by atoms with E-state index in [2.05, 4.69) is 15.1 Å². The van der Waals surface area contributed by atoms with Crippen LogP contribution in [0.25, 0.3) is 0 Å². The molecular formula is C18H21F2N5OS. The monoisotopic (exact) mass is 393 g/mol. The molecule has 0 saturated carbocycles. The number of carbonyl (C=O) groups is 1. The number of halogens is 2. The van der Waals surface area contributed by atoms with E-state index in [-0.39, 0.29) is 5.91 Å². The summed E-state index contributed by atoms with van der Waals surface area (Å²) in [6.45, 7) is 2.23. The lowest BCUT2D eigenvalue weighted by atomic mass is 10.2. The maximum Gasteiger partial charge on any atom is 0.288 e. The molecule has 1 aliphatic rings. The van der Waals surface area contributed by atoms with Crippen LogP contribution in [0.1, 0.15) is 10.4 Å². The van der Waals surface area contributed by atoms with Crippen LogP contribution in [-0.2, 0) is 0 Å². The standard InChI is InChI=1S/C18H21F2N5OS/c1-23(2)13-11-16(22-21-12-13)24-7-9-25(10-8-24)17(26)14-5-3-4-6-15(14)27-18(19)20/h3-6,11-12,18H,7-10H2,1-2H3. The molecule has 2 heterocycles. The number of amides is 1. The predicted octanol–water partition coefficient (Wildman–Crippen LogP) is 2.82. The van der Waals surface area contributed by atoms with Gasteiger partial charge in [0.1, 0.15) is 0 Å². The summed E-state index contributed by atoms with van der Waals surface area (Å²) >= 11 is 0.405. The van der Waals surface area contributed by atoms with Gasteiger partial charge in [-0.3, -0.25) is 4.79 Å². The van der Waals surface area contributed by atoms with E-state index in [1.165, 1.54) is 0 Å². The van der Waals surface area contributed by atoms with Crippen molar-refractivity contribution in [3.8, 4) is 0 Å². The van der Waals surface area contributed by atoms with Crippen molar-refractivity contribution in [3.63, 3.8) is 0 Å². The highest BCUT2D eigenvalue weighted by atomic mass is 32.2. The first kappa shape index (κ1) is 19.3. The molecule has 1 aliphatic heterocycles. The molecule has 1 amide bonds. The fraction of sp³-hybridized carbons (Fsp3) is 0.389. The topological polar surface area (TPSA) is 52.6 Å². The Morgan fingerprint density at radius 3 is 2.56 bits per heavy atom. The Morgan fingerprint density at radius 1 is 1.19 bits per heavy atom. The third-order valence-corrected chi connectivity index (χ3v) is 5.16. The van der Waals surface area contributed by atoms with Gasteiger partial charge in [-0.2, -0.15) is 13.9 Å². The molecule has 0 unspecified atom stereocenters. The first-order valence-corrected chi connectivity index (χ1v) is 9.42. The van der Waals surface area contributed by atoms with Crippen LogP contribution in [-0.4, -0.2) is 67.0 Å². The van der Waals surface area contributed by atoms with Crippen LogP contribution in [0.2, 0.25) is 0 Å². The first-order valence-electron chi connectivity index (χ1n) is 8.54. The van der Waals surface area contributed by atoms with Crippen LogP contribution in [0.5, 0.6) is 0 Å². The minimum atomic E-state index is -2.56. The van der Waals surface area contributed by atoms with Crippen LogP contribution in [0, 0.1) is 0 Å². The summed E-state index contributed by atoms with van der Waals surface area (Å²) in [5.41, 5.74) is 1.28. The van der Waals surface area contributed by atoms with Crippen LogP contribution < -0.4 is 9.80 Å². The molecule has 1 saturated heterocycles. The SMILES string of the molecule is CN(C)c1cnnc(N2CCN(C(=O)c3ccccc3SC(F)F)CC2)c1. The Kier molecular flexibility index (Phi) is 6.10. The average molecular weight is 393 g/mol. The summed E-state index contributed by atoms with van der Waals surface area (Å²) in [5.74, 6) is -2.01. The zero-order chi connectivity index (χ0) is 19.4. The molecule has 1 fully saturated rings. The van der Waals surface area contributed by atoms with Crippen molar-refractivity contribution in [3.05, 3.63) is 42.1 Å². The molecule has 3 rings (SSSR count). The van der Waals surface area contributed by atoms with E-state index < -0.39 is 5.76 Å². The van der Waals surface area contributed by atoms with Crippen molar-refractivity contribution in [1.29, 1.82) is 0 Å². The molecular weight excluding hydrogens is 372 g/mol. The van der Waals surface area contributed by atoms with Crippen LogP contribution in [0.4, 0.5) is 20.3 Å². The number of benzene rings is 1. The van der Waals surface area contributed by atoms with E-state index in [1.807, 2.05) is 25.1 Å². The van der Waals surface area contributed by atoms with Gasteiger partial charge in [-0.25, -0.2) is 0 Å². The molecule has 6 nitrogen and oxygen atoms in total. The highest BCUT2D eigenvalue weighted by Crippen LogP contribution is 2.29. The van der Waals surface area contributed by atoms with Crippen molar-refractivity contribution in [1.82, 2.24) is 15.1 Å². The molecule has 0 atom stereocenters. The number of anilines is 2. The van der Waals surface area contributed by atoms with Crippen molar-refractivity contribution >= 4 is 29.2 Å². The Labute approximate surface area is 161 Å². The Bertz CT molecular complexity index is 797. The smallest absolute Gasteiger partial charge is 0.288 e. The summed E-state index contributed by atoms with van der Waals surface area (Å²) in [6.07, 6.45) is 1.70. The third kappa shape index (κ3) is 4.65. The van der Waals surface area contributed by atoms with E-state index in [9.17, 15) is 13.6 Å². The summed E-state index contributed by atoms with van der Waals surface area (Å²) in [5, 5.41) is 8.21. The molecule has 0 aliphatic carbocycles. The number of nitrogens with zero attached hydrogens (tertiary/aromatic N) is 5. The zero-order valence-corrected chi connectivity index (χ0v) is 16.0. The average Bonchev–Trinajstić information content (AvgIpc) is 2.67. The second kappa shape index (κ2) is 8.51. The number of alkyl halides is 2. The molecule has 2 aromatic rings. The highest BCUT2D eigenvalue weighted by molar-refractivity contribution is 7.99. The van der Waals surface area contributed by atoms with Gasteiger partial charge < -0.3 is 14.7 Å². The molecule has 0 bridgehead atoms. The van der Waals surface area contributed by atoms with E-state index in [4.69, 9.17) is 0 Å². The van der Waals surface area contributed by atoms with E-state index >= 15 is 0 Å². The number of piperazine rings is 1. The second-order valence-electron chi connectivity index (χ2n) is 6.32. The number of aromatic nitrogens is 2. The fourth-order valence-corrected chi connectivity index (χ4v) is 3.53. The molecule has 1 aromatic carbocycles. The maximum absolute atomic E-state index is 12.8. The lowest BCUT2D eigenvalue weighted by Crippen LogP contribution is -2.49. The van der Waals surface area contributed by atoms with Crippen molar-refractivity contribution in [2.45, 2.75) is 10.7 Å². The van der Waals surface area contributed by atoms with E-state index in [1.54, 1.807) is 35.4 Å². The summed E-state index contributed by atoms with van der Waals surface area (Å²) in [4.78, 5) is 18.8. The molecule has 0 radical (unpaired) electrons. The van der Waals surface area contributed by atoms with Crippen LogP contribution in [0.3, 0.4) is 0 Å². The third-order valence-electron chi connectivity index (χ3n) is 4.37. The zero-order valence-electron chi connectivity index (χ0n) is 15.2. The number of rotatable bonds is 5. The van der Waals surface area contributed by atoms with E-state index in [0.29, 0.717) is 48.4 Å². The Hall–Kier alpha value is -2.42.